The molecule has 0 radical (unpaired) electrons. The van der Waals surface area contributed by atoms with Crippen LogP contribution in [0.3, 0.4) is 0 Å². The third-order valence-electron chi connectivity index (χ3n) is 7.09. The molecule has 2 N–H and O–H groups in total. The van der Waals surface area contributed by atoms with Crippen LogP contribution in [0.2, 0.25) is 0 Å². The number of carbonyl (C=O) groups excluding carboxylic acids is 1. The number of rotatable bonds is 6. The molecule has 37 heavy (non-hydrogen) atoms. The third-order valence-corrected chi connectivity index (χ3v) is 7.09. The maximum Gasteiger partial charge on any atom is 0.254 e. The van der Waals surface area contributed by atoms with Crippen LogP contribution in [0.15, 0.2) is 47.4 Å². The Labute approximate surface area is 215 Å². The second-order valence-corrected chi connectivity index (χ2v) is 9.55. The van der Waals surface area contributed by atoms with Gasteiger partial charge in [-0.1, -0.05) is 30.3 Å². The van der Waals surface area contributed by atoms with Crippen molar-refractivity contribution in [3.8, 4) is 0 Å². The van der Waals surface area contributed by atoms with E-state index in [-0.39, 0.29) is 24.1 Å². The van der Waals surface area contributed by atoms with Gasteiger partial charge in [0.25, 0.3) is 11.5 Å². The van der Waals surface area contributed by atoms with Gasteiger partial charge in [-0.15, -0.1) is 0 Å². The van der Waals surface area contributed by atoms with Gasteiger partial charge >= 0.3 is 0 Å². The van der Waals surface area contributed by atoms with E-state index < -0.39 is 0 Å². The van der Waals surface area contributed by atoms with Crippen molar-refractivity contribution in [3.63, 3.8) is 0 Å². The van der Waals surface area contributed by atoms with Gasteiger partial charge in [0.15, 0.2) is 0 Å². The molecule has 5 rings (SSSR count). The molecular weight excluding hydrogens is 468 g/mol. The van der Waals surface area contributed by atoms with Gasteiger partial charge in [0, 0.05) is 42.8 Å². The van der Waals surface area contributed by atoms with Crippen molar-refractivity contribution in [2.45, 2.75) is 40.3 Å². The fourth-order valence-corrected chi connectivity index (χ4v) is 5.11. The topological polar surface area (TPSA) is 105 Å². The van der Waals surface area contributed by atoms with E-state index in [4.69, 9.17) is 9.72 Å². The summed E-state index contributed by atoms with van der Waals surface area (Å²) in [6, 6.07) is 12.0. The number of H-pyrrole nitrogens is 1. The Morgan fingerprint density at radius 2 is 1.89 bits per heavy atom. The molecule has 0 spiro atoms. The second kappa shape index (κ2) is 10.2. The summed E-state index contributed by atoms with van der Waals surface area (Å²) >= 11 is 0. The maximum atomic E-state index is 13.6. The minimum atomic E-state index is -0.261. The number of nitrogens with zero attached hydrogens (tertiary/aromatic N) is 4. The first-order valence-corrected chi connectivity index (χ1v) is 12.6. The first-order valence-electron chi connectivity index (χ1n) is 12.6. The van der Waals surface area contributed by atoms with Crippen molar-refractivity contribution < 1.29 is 9.53 Å². The molecule has 192 valence electrons. The van der Waals surface area contributed by atoms with Gasteiger partial charge in [0.2, 0.25) is 5.95 Å². The standard InChI is InChI=1S/C28H32N6O3/c1-17-14-18(2)31-26(35)22(17)15-29-27(36)24-20(4)34(19(3)21-8-6-5-7-9-21)25-23(24)16-30-28(32-25)33-10-12-37-13-11-33/h5-9,14,16,19H,10-13,15H2,1-4H3,(H,29,36)(H,31,35)/t19-/m1/s1. The predicted octanol–water partition coefficient (Wildman–Crippen LogP) is 3.42. The number of anilines is 1. The lowest BCUT2D eigenvalue weighted by Crippen LogP contribution is -2.37. The fourth-order valence-electron chi connectivity index (χ4n) is 5.11. The van der Waals surface area contributed by atoms with Crippen molar-refractivity contribution in [1.82, 2.24) is 24.8 Å². The van der Waals surface area contributed by atoms with Gasteiger partial charge in [0.1, 0.15) is 5.65 Å². The number of benzene rings is 1. The van der Waals surface area contributed by atoms with Gasteiger partial charge in [-0.3, -0.25) is 9.59 Å². The molecule has 4 heterocycles. The summed E-state index contributed by atoms with van der Waals surface area (Å²) in [5.74, 6) is 0.368. The fraction of sp³-hybridized carbons (Fsp3) is 0.357. The highest BCUT2D eigenvalue weighted by atomic mass is 16.5. The molecule has 1 aliphatic heterocycles. The average molecular weight is 501 g/mol. The van der Waals surface area contributed by atoms with E-state index in [1.54, 1.807) is 6.20 Å². The summed E-state index contributed by atoms with van der Waals surface area (Å²) in [6.07, 6.45) is 1.74. The van der Waals surface area contributed by atoms with Crippen molar-refractivity contribution >= 4 is 22.9 Å². The molecule has 0 aliphatic carbocycles. The monoisotopic (exact) mass is 500 g/mol. The van der Waals surface area contributed by atoms with Crippen LogP contribution in [-0.2, 0) is 11.3 Å². The van der Waals surface area contributed by atoms with Crippen LogP contribution < -0.4 is 15.8 Å². The summed E-state index contributed by atoms with van der Waals surface area (Å²) in [4.78, 5) is 40.6. The Kier molecular flexibility index (Phi) is 6.80. The minimum Gasteiger partial charge on any atom is -0.378 e. The Hall–Kier alpha value is -3.98. The molecule has 1 aromatic carbocycles. The van der Waals surface area contributed by atoms with E-state index in [1.165, 1.54) is 0 Å². The Morgan fingerprint density at radius 1 is 1.16 bits per heavy atom. The summed E-state index contributed by atoms with van der Waals surface area (Å²) in [6.45, 7) is 10.6. The van der Waals surface area contributed by atoms with Gasteiger partial charge < -0.3 is 24.5 Å². The van der Waals surface area contributed by atoms with E-state index in [2.05, 4.69) is 43.8 Å². The normalized spacial score (nSPS) is 14.6. The van der Waals surface area contributed by atoms with Crippen molar-refractivity contribution in [2.24, 2.45) is 0 Å². The summed E-state index contributed by atoms with van der Waals surface area (Å²) in [7, 11) is 0. The van der Waals surface area contributed by atoms with Crippen LogP contribution in [0.4, 0.5) is 5.95 Å². The number of morpholine rings is 1. The Balaban J connectivity index is 1.57. The number of aromatic nitrogens is 4. The van der Waals surface area contributed by atoms with Crippen molar-refractivity contribution in [3.05, 3.63) is 86.6 Å². The molecule has 0 unspecified atom stereocenters. The molecule has 3 aromatic heterocycles. The summed E-state index contributed by atoms with van der Waals surface area (Å²) in [5.41, 5.74) is 5.13. The van der Waals surface area contributed by atoms with E-state index in [1.807, 2.05) is 45.0 Å². The van der Waals surface area contributed by atoms with Crippen molar-refractivity contribution in [2.75, 3.05) is 31.2 Å². The number of hydrogen-bond acceptors (Lipinski definition) is 6. The van der Waals surface area contributed by atoms with Gasteiger partial charge in [-0.05, 0) is 44.9 Å². The Morgan fingerprint density at radius 3 is 2.59 bits per heavy atom. The number of fused-ring (bicyclic) bond motifs is 1. The van der Waals surface area contributed by atoms with Gasteiger partial charge in [-0.2, -0.15) is 4.98 Å². The zero-order valence-electron chi connectivity index (χ0n) is 21.7. The first-order chi connectivity index (χ1) is 17.8. The highest BCUT2D eigenvalue weighted by Crippen LogP contribution is 2.31. The second-order valence-electron chi connectivity index (χ2n) is 9.55. The van der Waals surface area contributed by atoms with Crippen LogP contribution >= 0.6 is 0 Å². The molecular formula is C28H32N6O3. The number of nitrogens with one attached hydrogen (secondary N) is 2. The summed E-state index contributed by atoms with van der Waals surface area (Å²) in [5, 5.41) is 3.65. The number of ether oxygens (including phenoxy) is 1. The SMILES string of the molecule is Cc1cc(C)c(CNC(=O)c2c(C)n([C@H](C)c3ccccc3)c3nc(N4CCOCC4)ncc23)c(=O)[nH]1. The lowest BCUT2D eigenvalue weighted by atomic mass is 10.1. The molecule has 0 bridgehead atoms. The van der Waals surface area contributed by atoms with Crippen molar-refractivity contribution in [1.29, 1.82) is 0 Å². The summed E-state index contributed by atoms with van der Waals surface area (Å²) < 4.78 is 7.60. The highest BCUT2D eigenvalue weighted by Gasteiger charge is 2.26. The van der Waals surface area contributed by atoms with Crippen LogP contribution in [0, 0.1) is 20.8 Å². The molecule has 1 saturated heterocycles. The van der Waals surface area contributed by atoms with Crippen LogP contribution in [0.1, 0.15) is 51.4 Å². The molecule has 1 fully saturated rings. The smallest absolute Gasteiger partial charge is 0.254 e. The lowest BCUT2D eigenvalue weighted by molar-refractivity contribution is 0.0951. The van der Waals surface area contributed by atoms with Crippen LogP contribution in [0.5, 0.6) is 0 Å². The van der Waals surface area contributed by atoms with E-state index >= 15 is 0 Å². The maximum absolute atomic E-state index is 13.6. The third kappa shape index (κ3) is 4.74. The molecule has 0 saturated carbocycles. The lowest BCUT2D eigenvalue weighted by Gasteiger charge is -2.27. The molecule has 1 amide bonds. The van der Waals surface area contributed by atoms with E-state index in [0.717, 1.165) is 35.6 Å². The number of aryl methyl sites for hydroxylation is 2. The minimum absolute atomic E-state index is 0.0557. The first kappa shape index (κ1) is 24.7. The highest BCUT2D eigenvalue weighted by molar-refractivity contribution is 6.07. The number of pyridine rings is 1. The molecule has 1 atom stereocenters. The predicted molar refractivity (Wildman–Crippen MR) is 143 cm³/mol. The molecule has 9 nitrogen and oxygen atoms in total. The number of carbonyl (C=O) groups is 1. The van der Waals surface area contributed by atoms with Gasteiger partial charge in [0.05, 0.1) is 30.2 Å². The molecule has 9 heteroatoms. The van der Waals surface area contributed by atoms with Gasteiger partial charge in [-0.25, -0.2) is 4.98 Å². The average Bonchev–Trinajstić information content (AvgIpc) is 3.19. The molecule has 4 aromatic rings. The zero-order valence-corrected chi connectivity index (χ0v) is 21.7. The quantitative estimate of drug-likeness (QED) is 0.420. The van der Waals surface area contributed by atoms with Crippen LogP contribution in [0.25, 0.3) is 11.0 Å². The molecule has 1 aliphatic rings. The van der Waals surface area contributed by atoms with E-state index in [9.17, 15) is 9.59 Å². The number of aromatic amines is 1. The Bertz CT molecular complexity index is 1500. The zero-order chi connectivity index (χ0) is 26.1. The van der Waals surface area contributed by atoms with E-state index in [0.29, 0.717) is 41.3 Å². The number of amides is 1. The number of hydrogen-bond donors (Lipinski definition) is 2. The van der Waals surface area contributed by atoms with Crippen LogP contribution in [-0.4, -0.2) is 51.7 Å². The largest absolute Gasteiger partial charge is 0.378 e.